The van der Waals surface area contributed by atoms with Gasteiger partial charge in [-0.05, 0) is 50.6 Å². The molecule has 3 aromatic rings. The lowest BCUT2D eigenvalue weighted by atomic mass is 10.0. The van der Waals surface area contributed by atoms with E-state index >= 15 is 0 Å². The first-order valence-corrected chi connectivity index (χ1v) is 11.3. The van der Waals surface area contributed by atoms with E-state index in [4.69, 9.17) is 10.5 Å². The molecule has 3 N–H and O–H groups in total. The van der Waals surface area contributed by atoms with Gasteiger partial charge in [0.1, 0.15) is 10.6 Å². The van der Waals surface area contributed by atoms with Crippen LogP contribution >= 0.6 is 23.1 Å². The predicted molar refractivity (Wildman–Crippen MR) is 125 cm³/mol. The average Bonchev–Trinajstić information content (AvgIpc) is 3.14. The number of anilines is 2. The maximum atomic E-state index is 12.8. The van der Waals surface area contributed by atoms with Crippen molar-refractivity contribution < 1.29 is 14.3 Å². The number of amides is 1. The van der Waals surface area contributed by atoms with Gasteiger partial charge in [0.25, 0.3) is 0 Å². The Bertz CT molecular complexity index is 1030. The zero-order chi connectivity index (χ0) is 21.7. The van der Waals surface area contributed by atoms with Crippen LogP contribution in [0.3, 0.4) is 0 Å². The van der Waals surface area contributed by atoms with E-state index in [0.29, 0.717) is 16.3 Å². The van der Waals surface area contributed by atoms with Crippen LogP contribution in [0.1, 0.15) is 29.8 Å². The van der Waals surface area contributed by atoms with Gasteiger partial charge in [0.05, 0.1) is 11.9 Å². The van der Waals surface area contributed by atoms with E-state index in [9.17, 15) is 9.59 Å². The topological polar surface area (TPSA) is 81.4 Å². The Hall–Kier alpha value is -2.77. The number of aryl methyl sites for hydroxylation is 1. The number of hydrogen-bond acceptors (Lipinski definition) is 6. The van der Waals surface area contributed by atoms with Crippen LogP contribution in [0.5, 0.6) is 0 Å². The van der Waals surface area contributed by atoms with Crippen LogP contribution in [0.2, 0.25) is 0 Å². The average molecular weight is 441 g/mol. The van der Waals surface area contributed by atoms with Crippen molar-refractivity contribution >= 4 is 45.7 Å². The van der Waals surface area contributed by atoms with Crippen molar-refractivity contribution in [1.29, 1.82) is 0 Å². The molecule has 0 aliphatic rings. The molecule has 1 unspecified atom stereocenters. The molecule has 156 valence electrons. The van der Waals surface area contributed by atoms with Gasteiger partial charge in [-0.2, -0.15) is 0 Å². The molecule has 0 saturated carbocycles. The lowest BCUT2D eigenvalue weighted by Crippen LogP contribution is -2.23. The molecule has 0 aliphatic carbocycles. The molecule has 3 rings (SSSR count). The van der Waals surface area contributed by atoms with Crippen LogP contribution in [-0.4, -0.2) is 23.7 Å². The number of nitrogen functional groups attached to an aromatic ring is 1. The summed E-state index contributed by atoms with van der Waals surface area (Å²) in [5.41, 5.74) is 9.58. The van der Waals surface area contributed by atoms with Crippen molar-refractivity contribution in [2.24, 2.45) is 0 Å². The number of hydrogen-bond donors (Lipinski definition) is 2. The number of rotatable bonds is 7. The van der Waals surface area contributed by atoms with Gasteiger partial charge in [0.15, 0.2) is 0 Å². The summed E-state index contributed by atoms with van der Waals surface area (Å²) in [4.78, 5) is 26.4. The Morgan fingerprint density at radius 3 is 2.43 bits per heavy atom. The number of thiophene rings is 1. The maximum Gasteiger partial charge on any atom is 0.341 e. The van der Waals surface area contributed by atoms with Crippen LogP contribution in [0.25, 0.3) is 11.1 Å². The molecule has 0 spiro atoms. The van der Waals surface area contributed by atoms with Crippen LogP contribution in [0, 0.1) is 6.92 Å². The highest BCUT2D eigenvalue weighted by Gasteiger charge is 2.24. The first kappa shape index (κ1) is 21.9. The monoisotopic (exact) mass is 440 g/mol. The summed E-state index contributed by atoms with van der Waals surface area (Å²) >= 11 is 2.75. The molecule has 1 heterocycles. The number of benzene rings is 2. The minimum absolute atomic E-state index is 0.181. The highest BCUT2D eigenvalue weighted by Crippen LogP contribution is 2.37. The second kappa shape index (κ2) is 9.82. The number of carbonyl (C=O) groups is 2. The lowest BCUT2D eigenvalue weighted by Gasteiger charge is -2.13. The summed E-state index contributed by atoms with van der Waals surface area (Å²) in [6.07, 6.45) is 0. The number of carbonyl (C=O) groups excluding carboxylic acids is 2. The highest BCUT2D eigenvalue weighted by atomic mass is 32.2. The first-order valence-electron chi connectivity index (χ1n) is 9.57. The summed E-state index contributed by atoms with van der Waals surface area (Å²) in [5, 5.41) is 4.94. The number of esters is 1. The zero-order valence-corrected chi connectivity index (χ0v) is 18.7. The second-order valence-electron chi connectivity index (χ2n) is 6.76. The molecular formula is C23H24N2O3S2. The summed E-state index contributed by atoms with van der Waals surface area (Å²) < 4.78 is 5.26. The van der Waals surface area contributed by atoms with E-state index in [0.717, 1.165) is 21.6 Å². The Balaban J connectivity index is 1.83. The summed E-state index contributed by atoms with van der Waals surface area (Å²) in [5.74, 6) is -0.622. The molecule has 30 heavy (non-hydrogen) atoms. The fourth-order valence-electron chi connectivity index (χ4n) is 2.82. The Morgan fingerprint density at radius 1 is 1.13 bits per heavy atom. The molecule has 0 fully saturated rings. The highest BCUT2D eigenvalue weighted by molar-refractivity contribution is 8.00. The van der Waals surface area contributed by atoms with Gasteiger partial charge in [-0.25, -0.2) is 4.79 Å². The smallest absolute Gasteiger partial charge is 0.341 e. The molecule has 0 aliphatic heterocycles. The molecule has 7 heteroatoms. The molecule has 1 amide bonds. The quantitative estimate of drug-likeness (QED) is 0.284. The Morgan fingerprint density at radius 2 is 1.80 bits per heavy atom. The van der Waals surface area contributed by atoms with Crippen molar-refractivity contribution in [2.75, 3.05) is 17.7 Å². The van der Waals surface area contributed by atoms with E-state index in [1.165, 1.54) is 23.1 Å². The maximum absolute atomic E-state index is 12.8. The predicted octanol–water partition coefficient (Wildman–Crippen LogP) is 5.60. The van der Waals surface area contributed by atoms with Gasteiger partial charge in [-0.15, -0.1) is 23.1 Å². The second-order valence-corrected chi connectivity index (χ2v) is 9.05. The zero-order valence-electron chi connectivity index (χ0n) is 17.1. The van der Waals surface area contributed by atoms with Gasteiger partial charge in [0, 0.05) is 21.5 Å². The molecule has 1 aromatic heterocycles. The molecule has 0 bridgehead atoms. The molecule has 5 nitrogen and oxygen atoms in total. The SMILES string of the molecule is CCOC(=O)c1c(-c2ccc(C)cc2)csc1NC(=O)C(C)Sc1ccc(N)cc1. The van der Waals surface area contributed by atoms with Crippen molar-refractivity contribution in [1.82, 2.24) is 0 Å². The van der Waals surface area contributed by atoms with Gasteiger partial charge < -0.3 is 15.8 Å². The van der Waals surface area contributed by atoms with Crippen LogP contribution < -0.4 is 11.1 Å². The van der Waals surface area contributed by atoms with Crippen LogP contribution in [0.15, 0.2) is 58.8 Å². The molecule has 2 aromatic carbocycles. The van der Waals surface area contributed by atoms with E-state index < -0.39 is 5.97 Å². The van der Waals surface area contributed by atoms with Crippen molar-refractivity contribution in [3.63, 3.8) is 0 Å². The van der Waals surface area contributed by atoms with E-state index in [1.54, 1.807) is 19.1 Å². The van der Waals surface area contributed by atoms with E-state index in [-0.39, 0.29) is 17.8 Å². The number of nitrogens with two attached hydrogens (primary N) is 1. The fraction of sp³-hybridized carbons (Fsp3) is 0.217. The van der Waals surface area contributed by atoms with E-state index in [2.05, 4.69) is 5.32 Å². The van der Waals surface area contributed by atoms with Gasteiger partial charge in [-0.1, -0.05) is 29.8 Å². The number of ether oxygens (including phenoxy) is 1. The van der Waals surface area contributed by atoms with E-state index in [1.807, 2.05) is 55.6 Å². The normalized spacial score (nSPS) is 11.7. The Kier molecular flexibility index (Phi) is 7.18. The van der Waals surface area contributed by atoms with Crippen LogP contribution in [0.4, 0.5) is 10.7 Å². The third kappa shape index (κ3) is 5.23. The summed E-state index contributed by atoms with van der Waals surface area (Å²) in [7, 11) is 0. The molecule has 0 radical (unpaired) electrons. The third-order valence-electron chi connectivity index (χ3n) is 4.43. The van der Waals surface area contributed by atoms with Crippen LogP contribution in [-0.2, 0) is 9.53 Å². The van der Waals surface area contributed by atoms with Crippen molar-refractivity contribution in [3.8, 4) is 11.1 Å². The minimum atomic E-state index is -0.441. The van der Waals surface area contributed by atoms with Crippen molar-refractivity contribution in [2.45, 2.75) is 30.9 Å². The first-order chi connectivity index (χ1) is 14.4. The van der Waals surface area contributed by atoms with Gasteiger partial charge >= 0.3 is 5.97 Å². The largest absolute Gasteiger partial charge is 0.462 e. The van der Waals surface area contributed by atoms with Crippen molar-refractivity contribution in [3.05, 3.63) is 65.0 Å². The lowest BCUT2D eigenvalue weighted by molar-refractivity contribution is -0.115. The minimum Gasteiger partial charge on any atom is -0.462 e. The summed E-state index contributed by atoms with van der Waals surface area (Å²) in [6.45, 7) is 5.86. The van der Waals surface area contributed by atoms with Gasteiger partial charge in [-0.3, -0.25) is 4.79 Å². The molecular weight excluding hydrogens is 416 g/mol. The standard InChI is InChI=1S/C23H24N2O3S2/c1-4-28-23(27)20-19(16-7-5-14(2)6-8-16)13-29-22(20)25-21(26)15(3)30-18-11-9-17(24)10-12-18/h5-13,15H,4,24H2,1-3H3,(H,25,26). The fourth-order valence-corrected chi connectivity index (χ4v) is 4.65. The Labute approximate surface area is 184 Å². The molecule has 0 saturated heterocycles. The number of nitrogens with one attached hydrogen (secondary N) is 1. The van der Waals surface area contributed by atoms with Gasteiger partial charge in [0.2, 0.25) is 5.91 Å². The summed E-state index contributed by atoms with van der Waals surface area (Å²) in [6, 6.07) is 15.3. The molecule has 1 atom stereocenters. The number of thioether (sulfide) groups is 1. The third-order valence-corrected chi connectivity index (χ3v) is 6.44.